The predicted octanol–water partition coefficient (Wildman–Crippen LogP) is 2.34. The van der Waals surface area contributed by atoms with Crippen molar-refractivity contribution in [2.75, 3.05) is 6.54 Å². The lowest BCUT2D eigenvalue weighted by atomic mass is 9.97. The summed E-state index contributed by atoms with van der Waals surface area (Å²) < 4.78 is 31.9. The number of nitrogens with one attached hydrogen (secondary N) is 1. The molecule has 0 radical (unpaired) electrons. The molecular weight excluding hydrogens is 314 g/mol. The summed E-state index contributed by atoms with van der Waals surface area (Å²) in [7, 11) is -3.38. The third-order valence-corrected chi connectivity index (χ3v) is 4.58. The summed E-state index contributed by atoms with van der Waals surface area (Å²) in [5, 5.41) is 3.88. The number of hydrogen-bond acceptors (Lipinski definition) is 5. The standard InChI is InChI=1S/C16H23N3O3S/c1-12-6-5-7-13(10-12)11-23(20,21)17-9-8-14-18-15(22-19-14)16(2,3)4/h5-7,10,17H,8-9,11H2,1-4H3. The Morgan fingerprint density at radius 1 is 1.26 bits per heavy atom. The number of aryl methyl sites for hydroxylation is 1. The van der Waals surface area contributed by atoms with E-state index < -0.39 is 10.0 Å². The Balaban J connectivity index is 1.89. The summed E-state index contributed by atoms with van der Waals surface area (Å²) in [5.41, 5.74) is 1.60. The van der Waals surface area contributed by atoms with Gasteiger partial charge in [0.05, 0.1) is 5.75 Å². The molecule has 0 atom stereocenters. The number of aromatic nitrogens is 2. The van der Waals surface area contributed by atoms with Crippen LogP contribution in [0, 0.1) is 6.92 Å². The number of nitrogens with zero attached hydrogens (tertiary/aromatic N) is 2. The molecule has 1 aromatic carbocycles. The highest BCUT2D eigenvalue weighted by molar-refractivity contribution is 7.88. The Bertz CT molecular complexity index is 761. The van der Waals surface area contributed by atoms with Gasteiger partial charge in [-0.3, -0.25) is 0 Å². The van der Waals surface area contributed by atoms with Gasteiger partial charge < -0.3 is 4.52 Å². The Hall–Kier alpha value is -1.73. The fraction of sp³-hybridized carbons (Fsp3) is 0.500. The molecular formula is C16H23N3O3S. The van der Waals surface area contributed by atoms with Crippen molar-refractivity contribution in [2.45, 2.75) is 45.3 Å². The second-order valence-electron chi connectivity index (χ2n) is 6.66. The minimum atomic E-state index is -3.38. The van der Waals surface area contributed by atoms with Gasteiger partial charge in [0.2, 0.25) is 15.9 Å². The summed E-state index contributed by atoms with van der Waals surface area (Å²) in [5.74, 6) is 1.03. The van der Waals surface area contributed by atoms with Gasteiger partial charge in [-0.15, -0.1) is 0 Å². The van der Waals surface area contributed by atoms with E-state index in [-0.39, 0.29) is 17.7 Å². The van der Waals surface area contributed by atoms with Crippen LogP contribution in [0.15, 0.2) is 28.8 Å². The number of sulfonamides is 1. The van der Waals surface area contributed by atoms with Crippen LogP contribution in [0.2, 0.25) is 0 Å². The van der Waals surface area contributed by atoms with Gasteiger partial charge >= 0.3 is 0 Å². The molecule has 0 bridgehead atoms. The maximum atomic E-state index is 12.1. The third-order valence-electron chi connectivity index (χ3n) is 3.22. The lowest BCUT2D eigenvalue weighted by molar-refractivity contribution is 0.318. The van der Waals surface area contributed by atoms with E-state index in [1.807, 2.05) is 45.9 Å². The van der Waals surface area contributed by atoms with Crippen LogP contribution in [0.3, 0.4) is 0 Å². The van der Waals surface area contributed by atoms with Crippen molar-refractivity contribution >= 4 is 10.0 Å². The molecule has 23 heavy (non-hydrogen) atoms. The summed E-state index contributed by atoms with van der Waals surface area (Å²) in [6.07, 6.45) is 0.395. The monoisotopic (exact) mass is 337 g/mol. The first-order valence-electron chi connectivity index (χ1n) is 7.52. The molecule has 0 aliphatic heterocycles. The SMILES string of the molecule is Cc1cccc(CS(=O)(=O)NCCc2noc(C(C)(C)C)n2)c1. The average molecular weight is 337 g/mol. The molecule has 126 valence electrons. The van der Waals surface area contributed by atoms with Crippen LogP contribution >= 0.6 is 0 Å². The number of benzene rings is 1. The van der Waals surface area contributed by atoms with E-state index in [1.165, 1.54) is 0 Å². The molecule has 1 heterocycles. The van der Waals surface area contributed by atoms with E-state index in [4.69, 9.17) is 4.52 Å². The number of rotatable bonds is 6. The molecule has 6 nitrogen and oxygen atoms in total. The molecule has 2 aromatic rings. The van der Waals surface area contributed by atoms with Crippen molar-refractivity contribution in [1.29, 1.82) is 0 Å². The summed E-state index contributed by atoms with van der Waals surface area (Å²) >= 11 is 0. The first kappa shape index (κ1) is 17.6. The summed E-state index contributed by atoms with van der Waals surface area (Å²) in [6.45, 7) is 8.13. The van der Waals surface area contributed by atoms with Crippen LogP contribution in [0.4, 0.5) is 0 Å². The molecule has 0 saturated heterocycles. The van der Waals surface area contributed by atoms with Gasteiger partial charge in [0.25, 0.3) is 0 Å². The summed E-state index contributed by atoms with van der Waals surface area (Å²) in [6, 6.07) is 7.47. The Morgan fingerprint density at radius 3 is 2.61 bits per heavy atom. The average Bonchev–Trinajstić information content (AvgIpc) is 2.86. The normalized spacial score (nSPS) is 12.5. The van der Waals surface area contributed by atoms with Crippen molar-refractivity contribution in [3.05, 3.63) is 47.1 Å². The maximum absolute atomic E-state index is 12.1. The third kappa shape index (κ3) is 5.44. The molecule has 0 unspecified atom stereocenters. The summed E-state index contributed by atoms with van der Waals surface area (Å²) in [4.78, 5) is 4.28. The van der Waals surface area contributed by atoms with Gasteiger partial charge in [0.1, 0.15) is 0 Å². The predicted molar refractivity (Wildman–Crippen MR) is 88.5 cm³/mol. The molecule has 0 amide bonds. The fourth-order valence-electron chi connectivity index (χ4n) is 2.05. The van der Waals surface area contributed by atoms with Crippen LogP contribution in [-0.4, -0.2) is 25.1 Å². The minimum absolute atomic E-state index is 0.0336. The zero-order valence-electron chi connectivity index (χ0n) is 14.0. The highest BCUT2D eigenvalue weighted by Gasteiger charge is 2.21. The van der Waals surface area contributed by atoms with Gasteiger partial charge in [-0.2, -0.15) is 4.98 Å². The van der Waals surface area contributed by atoms with Crippen molar-refractivity contribution in [3.8, 4) is 0 Å². The van der Waals surface area contributed by atoms with Crippen molar-refractivity contribution in [2.24, 2.45) is 0 Å². The largest absolute Gasteiger partial charge is 0.339 e. The first-order valence-corrected chi connectivity index (χ1v) is 9.17. The second-order valence-corrected chi connectivity index (χ2v) is 8.47. The van der Waals surface area contributed by atoms with Crippen LogP contribution in [0.1, 0.15) is 43.6 Å². The Kier molecular flexibility index (Phi) is 5.21. The molecule has 7 heteroatoms. The van der Waals surface area contributed by atoms with Crippen LogP contribution in [0.25, 0.3) is 0 Å². The van der Waals surface area contributed by atoms with Gasteiger partial charge in [-0.05, 0) is 12.5 Å². The molecule has 0 spiro atoms. The van der Waals surface area contributed by atoms with Gasteiger partial charge in [0, 0.05) is 18.4 Å². The second kappa shape index (κ2) is 6.80. The van der Waals surface area contributed by atoms with Crippen LogP contribution < -0.4 is 4.72 Å². The highest BCUT2D eigenvalue weighted by Crippen LogP contribution is 2.19. The topological polar surface area (TPSA) is 85.1 Å². The smallest absolute Gasteiger partial charge is 0.232 e. The lowest BCUT2D eigenvalue weighted by Gasteiger charge is -2.10. The molecule has 1 N–H and O–H groups in total. The van der Waals surface area contributed by atoms with Gasteiger partial charge in [-0.1, -0.05) is 55.8 Å². The van der Waals surface area contributed by atoms with Crippen molar-refractivity contribution < 1.29 is 12.9 Å². The number of hydrogen-bond donors (Lipinski definition) is 1. The van der Waals surface area contributed by atoms with Gasteiger partial charge in [-0.25, -0.2) is 13.1 Å². The van der Waals surface area contributed by atoms with E-state index in [9.17, 15) is 8.42 Å². The molecule has 0 saturated carbocycles. The minimum Gasteiger partial charge on any atom is -0.339 e. The van der Waals surface area contributed by atoms with E-state index in [2.05, 4.69) is 14.9 Å². The van der Waals surface area contributed by atoms with Crippen LogP contribution in [0.5, 0.6) is 0 Å². The zero-order valence-corrected chi connectivity index (χ0v) is 14.8. The molecule has 0 aliphatic rings. The van der Waals surface area contributed by atoms with E-state index in [1.54, 1.807) is 6.07 Å². The van der Waals surface area contributed by atoms with Crippen molar-refractivity contribution in [1.82, 2.24) is 14.9 Å². The van der Waals surface area contributed by atoms with Crippen LogP contribution in [-0.2, 0) is 27.6 Å². The van der Waals surface area contributed by atoms with E-state index >= 15 is 0 Å². The maximum Gasteiger partial charge on any atom is 0.232 e. The zero-order chi connectivity index (χ0) is 17.1. The quantitative estimate of drug-likeness (QED) is 0.874. The van der Waals surface area contributed by atoms with Gasteiger partial charge in [0.15, 0.2) is 5.82 Å². The first-order chi connectivity index (χ1) is 10.7. The molecule has 0 aliphatic carbocycles. The molecule has 0 fully saturated rings. The highest BCUT2D eigenvalue weighted by atomic mass is 32.2. The molecule has 1 aromatic heterocycles. The van der Waals surface area contributed by atoms with E-state index in [0.29, 0.717) is 18.1 Å². The Labute approximate surface area is 137 Å². The Morgan fingerprint density at radius 2 is 2.00 bits per heavy atom. The lowest BCUT2D eigenvalue weighted by Crippen LogP contribution is -2.27. The van der Waals surface area contributed by atoms with E-state index in [0.717, 1.165) is 11.1 Å². The molecule has 2 rings (SSSR count). The van der Waals surface area contributed by atoms with Crippen molar-refractivity contribution in [3.63, 3.8) is 0 Å². The fourth-order valence-corrected chi connectivity index (χ4v) is 3.18.